The van der Waals surface area contributed by atoms with E-state index in [1.54, 1.807) is 6.20 Å². The van der Waals surface area contributed by atoms with Gasteiger partial charge in [-0.25, -0.2) is 9.97 Å². The molecule has 0 aromatic carbocycles. The molecule has 2 aromatic rings. The van der Waals surface area contributed by atoms with Gasteiger partial charge < -0.3 is 0 Å². The predicted molar refractivity (Wildman–Crippen MR) is 80.7 cm³/mol. The molecular weight excluding hydrogens is 332 g/mol. The Kier molecular flexibility index (Phi) is 4.86. The van der Waals surface area contributed by atoms with E-state index in [2.05, 4.69) is 39.7 Å². The van der Waals surface area contributed by atoms with Gasteiger partial charge in [-0.1, -0.05) is 20.3 Å². The Morgan fingerprint density at radius 1 is 1.44 bits per heavy atom. The first-order chi connectivity index (χ1) is 8.67. The van der Waals surface area contributed by atoms with Gasteiger partial charge in [0.15, 0.2) is 9.99 Å². The van der Waals surface area contributed by atoms with Crippen molar-refractivity contribution in [3.63, 3.8) is 0 Å². The summed E-state index contributed by atoms with van der Waals surface area (Å²) in [7, 11) is -0.981. The predicted octanol–water partition coefficient (Wildman–Crippen LogP) is 3.92. The molecule has 0 aliphatic rings. The minimum absolute atomic E-state index is 0.693. The number of aryl methyl sites for hydroxylation is 1. The molecule has 0 bridgehead atoms. The van der Waals surface area contributed by atoms with Gasteiger partial charge in [0, 0.05) is 16.4 Å². The van der Waals surface area contributed by atoms with Crippen molar-refractivity contribution in [3.05, 3.63) is 16.2 Å². The third-order valence-electron chi connectivity index (χ3n) is 2.68. The molecule has 2 rings (SSSR count). The average molecular weight is 347 g/mol. The Bertz CT molecular complexity index is 583. The largest absolute Gasteiger partial charge is 0.252 e. The fourth-order valence-electron chi connectivity index (χ4n) is 1.67. The maximum Gasteiger partial charge on any atom is 0.183 e. The molecule has 2 aromatic heterocycles. The summed E-state index contributed by atoms with van der Waals surface area (Å²) in [4.78, 5) is 8.69. The van der Waals surface area contributed by atoms with Crippen LogP contribution in [0.15, 0.2) is 15.0 Å². The van der Waals surface area contributed by atoms with Crippen LogP contribution in [-0.2, 0) is 17.2 Å². The standard InChI is InChI=1S/C12H15BrN2OS2/c1-3-5-6-18(16)12-15-11-10(17-12)8(4-2)9(13)7-14-11/h7H,3-6H2,1-2H3. The number of thiazole rings is 1. The summed E-state index contributed by atoms with van der Waals surface area (Å²) in [5.74, 6) is 0.693. The summed E-state index contributed by atoms with van der Waals surface area (Å²) in [6.07, 6.45) is 4.73. The van der Waals surface area contributed by atoms with Gasteiger partial charge in [-0.3, -0.25) is 4.21 Å². The summed E-state index contributed by atoms with van der Waals surface area (Å²) in [5.41, 5.74) is 1.93. The normalized spacial score (nSPS) is 13.1. The topological polar surface area (TPSA) is 42.9 Å². The van der Waals surface area contributed by atoms with Crippen LogP contribution in [0.2, 0.25) is 0 Å². The van der Waals surface area contributed by atoms with Crippen molar-refractivity contribution in [2.24, 2.45) is 0 Å². The molecule has 0 radical (unpaired) electrons. The minimum Gasteiger partial charge on any atom is -0.252 e. The zero-order valence-electron chi connectivity index (χ0n) is 10.4. The molecule has 2 heterocycles. The van der Waals surface area contributed by atoms with Crippen LogP contribution in [0.25, 0.3) is 10.3 Å². The summed E-state index contributed by atoms with van der Waals surface area (Å²) >= 11 is 5.02. The highest BCUT2D eigenvalue weighted by Crippen LogP contribution is 2.31. The van der Waals surface area contributed by atoms with Crippen molar-refractivity contribution >= 4 is 48.4 Å². The first kappa shape index (κ1) is 14.1. The smallest absolute Gasteiger partial charge is 0.183 e. The highest BCUT2D eigenvalue weighted by Gasteiger charge is 2.14. The second kappa shape index (κ2) is 6.21. The molecule has 1 atom stereocenters. The van der Waals surface area contributed by atoms with Gasteiger partial charge in [0.1, 0.15) is 0 Å². The fraction of sp³-hybridized carbons (Fsp3) is 0.500. The molecule has 0 fully saturated rings. The highest BCUT2D eigenvalue weighted by atomic mass is 79.9. The number of halogens is 1. The Labute approximate surface area is 122 Å². The first-order valence-electron chi connectivity index (χ1n) is 5.99. The molecule has 0 aliphatic carbocycles. The molecular formula is C12H15BrN2OS2. The Hall–Kier alpha value is -0.330. The van der Waals surface area contributed by atoms with E-state index in [9.17, 15) is 4.21 Å². The van der Waals surface area contributed by atoms with Gasteiger partial charge in [0.2, 0.25) is 0 Å². The van der Waals surface area contributed by atoms with Gasteiger partial charge in [-0.05, 0) is 34.3 Å². The van der Waals surface area contributed by atoms with E-state index >= 15 is 0 Å². The Balaban J connectivity index is 2.41. The summed E-state index contributed by atoms with van der Waals surface area (Å²) in [5, 5.41) is 0. The lowest BCUT2D eigenvalue weighted by Gasteiger charge is -1.99. The number of aromatic nitrogens is 2. The minimum atomic E-state index is -0.981. The van der Waals surface area contributed by atoms with Crippen LogP contribution in [0.1, 0.15) is 32.3 Å². The molecule has 0 aliphatic heterocycles. The van der Waals surface area contributed by atoms with Crippen LogP contribution in [0.3, 0.4) is 0 Å². The van der Waals surface area contributed by atoms with Gasteiger partial charge >= 0.3 is 0 Å². The summed E-state index contributed by atoms with van der Waals surface area (Å²) in [6, 6.07) is 0. The SMILES string of the molecule is CCCCS(=O)c1nc2ncc(Br)c(CC)c2s1. The lowest BCUT2D eigenvalue weighted by atomic mass is 10.2. The Morgan fingerprint density at radius 2 is 2.22 bits per heavy atom. The summed E-state index contributed by atoms with van der Waals surface area (Å²) in [6.45, 7) is 4.20. The molecule has 1 unspecified atom stereocenters. The van der Waals surface area contributed by atoms with Gasteiger partial charge in [-0.15, -0.1) is 11.3 Å². The van der Waals surface area contributed by atoms with Crippen LogP contribution in [0.4, 0.5) is 0 Å². The van der Waals surface area contributed by atoms with Gasteiger partial charge in [0.05, 0.1) is 15.5 Å². The molecule has 6 heteroatoms. The second-order valence-electron chi connectivity index (χ2n) is 3.97. The maximum absolute atomic E-state index is 12.1. The molecule has 98 valence electrons. The molecule has 3 nitrogen and oxygen atoms in total. The fourth-order valence-corrected chi connectivity index (χ4v) is 5.04. The van der Waals surface area contributed by atoms with E-state index in [-0.39, 0.29) is 0 Å². The van der Waals surface area contributed by atoms with Crippen molar-refractivity contribution < 1.29 is 4.21 Å². The highest BCUT2D eigenvalue weighted by molar-refractivity contribution is 9.10. The van der Waals surface area contributed by atoms with Crippen molar-refractivity contribution in [2.45, 2.75) is 37.4 Å². The monoisotopic (exact) mass is 346 g/mol. The number of unbranched alkanes of at least 4 members (excludes halogenated alkanes) is 1. The zero-order chi connectivity index (χ0) is 13.1. The third kappa shape index (κ3) is 2.81. The molecule has 0 N–H and O–H groups in total. The van der Waals surface area contributed by atoms with Crippen LogP contribution in [0, 0.1) is 0 Å². The molecule has 0 amide bonds. The van der Waals surface area contributed by atoms with Gasteiger partial charge in [-0.2, -0.15) is 0 Å². The lowest BCUT2D eigenvalue weighted by Crippen LogP contribution is -1.96. The lowest BCUT2D eigenvalue weighted by molar-refractivity contribution is 0.679. The number of hydrogen-bond acceptors (Lipinski definition) is 4. The van der Waals surface area contributed by atoms with Gasteiger partial charge in [0.25, 0.3) is 0 Å². The number of nitrogens with zero attached hydrogens (tertiary/aromatic N) is 2. The van der Waals surface area contributed by atoms with E-state index in [1.807, 2.05) is 0 Å². The van der Waals surface area contributed by atoms with E-state index < -0.39 is 10.8 Å². The van der Waals surface area contributed by atoms with Crippen molar-refractivity contribution in [1.29, 1.82) is 0 Å². The van der Waals surface area contributed by atoms with E-state index in [0.29, 0.717) is 10.1 Å². The average Bonchev–Trinajstić information content (AvgIpc) is 2.79. The van der Waals surface area contributed by atoms with E-state index in [0.717, 1.165) is 34.1 Å². The number of rotatable bonds is 5. The third-order valence-corrected chi connectivity index (χ3v) is 6.21. The maximum atomic E-state index is 12.1. The molecule has 0 saturated heterocycles. The summed E-state index contributed by atoms with van der Waals surface area (Å²) < 4.78 is 14.9. The van der Waals surface area contributed by atoms with Crippen molar-refractivity contribution in [2.75, 3.05) is 5.75 Å². The quantitative estimate of drug-likeness (QED) is 0.823. The Morgan fingerprint density at radius 3 is 2.89 bits per heavy atom. The van der Waals surface area contributed by atoms with E-state index in [1.165, 1.54) is 16.9 Å². The number of fused-ring (bicyclic) bond motifs is 1. The second-order valence-corrected chi connectivity index (χ2v) is 7.57. The van der Waals surface area contributed by atoms with Crippen LogP contribution in [-0.4, -0.2) is 19.9 Å². The van der Waals surface area contributed by atoms with Crippen LogP contribution >= 0.6 is 27.3 Å². The van der Waals surface area contributed by atoms with Crippen LogP contribution in [0.5, 0.6) is 0 Å². The van der Waals surface area contributed by atoms with Crippen LogP contribution < -0.4 is 0 Å². The van der Waals surface area contributed by atoms with Crippen molar-refractivity contribution in [3.8, 4) is 0 Å². The molecule has 0 saturated carbocycles. The molecule has 0 spiro atoms. The zero-order valence-corrected chi connectivity index (χ0v) is 13.6. The van der Waals surface area contributed by atoms with Crippen molar-refractivity contribution in [1.82, 2.24) is 9.97 Å². The molecule has 18 heavy (non-hydrogen) atoms. The number of hydrogen-bond donors (Lipinski definition) is 0. The first-order valence-corrected chi connectivity index (χ1v) is 8.92. The van der Waals surface area contributed by atoms with E-state index in [4.69, 9.17) is 0 Å². The number of pyridine rings is 1.